The van der Waals surface area contributed by atoms with Crippen LogP contribution in [0.15, 0.2) is 46.7 Å². The van der Waals surface area contributed by atoms with Crippen molar-refractivity contribution in [1.82, 2.24) is 4.31 Å². The lowest BCUT2D eigenvalue weighted by Gasteiger charge is -2.17. The SMILES string of the molecule is CC(C)OCc1cccc(S(=O)(=O)N(C)Cc2cccs2)c1. The molecule has 0 unspecified atom stereocenters. The molecule has 22 heavy (non-hydrogen) atoms. The van der Waals surface area contributed by atoms with Crippen LogP contribution in [-0.2, 0) is 27.9 Å². The van der Waals surface area contributed by atoms with Gasteiger partial charge in [-0.2, -0.15) is 4.31 Å². The molecule has 0 bridgehead atoms. The number of rotatable bonds is 7. The van der Waals surface area contributed by atoms with Gasteiger partial charge in [0.15, 0.2) is 0 Å². The average Bonchev–Trinajstić information content (AvgIpc) is 2.98. The number of thiophene rings is 1. The molecule has 0 aliphatic rings. The van der Waals surface area contributed by atoms with Crippen LogP contribution in [0.5, 0.6) is 0 Å². The highest BCUT2D eigenvalue weighted by atomic mass is 32.2. The smallest absolute Gasteiger partial charge is 0.243 e. The van der Waals surface area contributed by atoms with E-state index in [9.17, 15) is 8.42 Å². The van der Waals surface area contributed by atoms with E-state index in [1.807, 2.05) is 37.4 Å². The van der Waals surface area contributed by atoms with E-state index >= 15 is 0 Å². The maximum absolute atomic E-state index is 12.6. The number of ether oxygens (including phenoxy) is 1. The molecule has 0 aliphatic carbocycles. The van der Waals surface area contributed by atoms with E-state index in [1.165, 1.54) is 4.31 Å². The Morgan fingerprint density at radius 2 is 2.00 bits per heavy atom. The summed E-state index contributed by atoms with van der Waals surface area (Å²) in [5, 5.41) is 1.94. The second kappa shape index (κ2) is 7.37. The molecule has 4 nitrogen and oxygen atoms in total. The van der Waals surface area contributed by atoms with Crippen molar-refractivity contribution in [1.29, 1.82) is 0 Å². The monoisotopic (exact) mass is 339 g/mol. The van der Waals surface area contributed by atoms with E-state index in [0.717, 1.165) is 10.4 Å². The maximum Gasteiger partial charge on any atom is 0.243 e. The third kappa shape index (κ3) is 4.39. The fourth-order valence-electron chi connectivity index (χ4n) is 1.95. The van der Waals surface area contributed by atoms with Crippen LogP contribution in [0.25, 0.3) is 0 Å². The summed E-state index contributed by atoms with van der Waals surface area (Å²) in [6.45, 7) is 4.70. The first-order valence-corrected chi connectivity index (χ1v) is 9.41. The molecule has 0 radical (unpaired) electrons. The first-order chi connectivity index (χ1) is 10.4. The summed E-state index contributed by atoms with van der Waals surface area (Å²) in [7, 11) is -1.89. The zero-order chi connectivity index (χ0) is 16.2. The first-order valence-electron chi connectivity index (χ1n) is 7.09. The normalized spacial score (nSPS) is 12.2. The van der Waals surface area contributed by atoms with E-state index < -0.39 is 10.0 Å². The molecule has 1 aromatic carbocycles. The largest absolute Gasteiger partial charge is 0.374 e. The van der Waals surface area contributed by atoms with E-state index in [2.05, 4.69) is 0 Å². The summed E-state index contributed by atoms with van der Waals surface area (Å²) in [6.07, 6.45) is 0.113. The summed E-state index contributed by atoms with van der Waals surface area (Å²) in [5.41, 5.74) is 0.860. The Labute approximate surface area is 136 Å². The number of hydrogen-bond acceptors (Lipinski definition) is 4. The predicted octanol–water partition coefficient (Wildman–Crippen LogP) is 3.49. The van der Waals surface area contributed by atoms with Crippen LogP contribution >= 0.6 is 11.3 Å². The quantitative estimate of drug-likeness (QED) is 0.776. The molecule has 0 spiro atoms. The molecule has 0 atom stereocenters. The van der Waals surface area contributed by atoms with Crippen LogP contribution in [0.2, 0.25) is 0 Å². The molecular weight excluding hydrogens is 318 g/mol. The highest BCUT2D eigenvalue weighted by Crippen LogP contribution is 2.20. The lowest BCUT2D eigenvalue weighted by atomic mass is 10.2. The van der Waals surface area contributed by atoms with Gasteiger partial charge in [-0.3, -0.25) is 0 Å². The van der Waals surface area contributed by atoms with Crippen molar-refractivity contribution in [2.24, 2.45) is 0 Å². The highest BCUT2D eigenvalue weighted by Gasteiger charge is 2.21. The maximum atomic E-state index is 12.6. The summed E-state index contributed by atoms with van der Waals surface area (Å²) >= 11 is 1.55. The van der Waals surface area contributed by atoms with Crippen LogP contribution in [0.4, 0.5) is 0 Å². The van der Waals surface area contributed by atoms with Crippen molar-refractivity contribution in [3.8, 4) is 0 Å². The van der Waals surface area contributed by atoms with E-state index in [0.29, 0.717) is 18.0 Å². The topological polar surface area (TPSA) is 46.6 Å². The Balaban J connectivity index is 2.16. The van der Waals surface area contributed by atoms with Gasteiger partial charge in [-0.05, 0) is 43.0 Å². The van der Waals surface area contributed by atoms with Crippen molar-refractivity contribution in [3.05, 3.63) is 52.2 Å². The Morgan fingerprint density at radius 3 is 2.64 bits per heavy atom. The van der Waals surface area contributed by atoms with Gasteiger partial charge in [0.1, 0.15) is 0 Å². The first kappa shape index (κ1) is 17.1. The van der Waals surface area contributed by atoms with Gasteiger partial charge in [0, 0.05) is 18.5 Å². The minimum Gasteiger partial charge on any atom is -0.374 e. The van der Waals surface area contributed by atoms with Gasteiger partial charge in [0.05, 0.1) is 17.6 Å². The molecule has 0 N–H and O–H groups in total. The van der Waals surface area contributed by atoms with Gasteiger partial charge in [0.25, 0.3) is 0 Å². The minimum atomic E-state index is -3.49. The molecule has 6 heteroatoms. The van der Waals surface area contributed by atoms with Crippen molar-refractivity contribution in [3.63, 3.8) is 0 Å². The van der Waals surface area contributed by atoms with Gasteiger partial charge in [0.2, 0.25) is 10.0 Å². The molecule has 1 heterocycles. The van der Waals surface area contributed by atoms with Crippen LogP contribution in [0.3, 0.4) is 0 Å². The van der Waals surface area contributed by atoms with Crippen LogP contribution in [-0.4, -0.2) is 25.9 Å². The number of hydrogen-bond donors (Lipinski definition) is 0. The van der Waals surface area contributed by atoms with Gasteiger partial charge in [-0.1, -0.05) is 18.2 Å². The molecule has 0 fully saturated rings. The Kier molecular flexibility index (Phi) is 5.74. The molecule has 2 rings (SSSR count). The average molecular weight is 339 g/mol. The van der Waals surface area contributed by atoms with Crippen molar-refractivity contribution in [2.45, 2.75) is 38.0 Å². The third-order valence-corrected chi connectivity index (χ3v) is 5.81. The fraction of sp³-hybridized carbons (Fsp3) is 0.375. The third-order valence-electron chi connectivity index (χ3n) is 3.15. The lowest BCUT2D eigenvalue weighted by molar-refractivity contribution is 0.0656. The molecule has 0 saturated heterocycles. The lowest BCUT2D eigenvalue weighted by Crippen LogP contribution is -2.26. The fourth-order valence-corrected chi connectivity index (χ4v) is 4.00. The molecule has 2 aromatic rings. The summed E-state index contributed by atoms with van der Waals surface area (Å²) in [4.78, 5) is 1.32. The van der Waals surface area contributed by atoms with Crippen LogP contribution in [0.1, 0.15) is 24.3 Å². The zero-order valence-corrected chi connectivity index (χ0v) is 14.7. The van der Waals surface area contributed by atoms with Gasteiger partial charge < -0.3 is 4.74 Å². The predicted molar refractivity (Wildman–Crippen MR) is 89.3 cm³/mol. The molecule has 0 aliphatic heterocycles. The van der Waals surface area contributed by atoms with E-state index in [4.69, 9.17) is 4.74 Å². The summed E-state index contributed by atoms with van der Waals surface area (Å²) < 4.78 is 32.2. The summed E-state index contributed by atoms with van der Waals surface area (Å²) in [5.74, 6) is 0. The van der Waals surface area contributed by atoms with E-state index in [1.54, 1.807) is 36.6 Å². The number of nitrogens with zero attached hydrogens (tertiary/aromatic N) is 1. The zero-order valence-electron chi connectivity index (χ0n) is 13.0. The Hall–Kier alpha value is -1.21. The second-order valence-corrected chi connectivity index (χ2v) is 8.42. The highest BCUT2D eigenvalue weighted by molar-refractivity contribution is 7.89. The molecule has 0 saturated carbocycles. The molecule has 0 amide bonds. The van der Waals surface area contributed by atoms with Crippen LogP contribution in [0, 0.1) is 0 Å². The van der Waals surface area contributed by atoms with Gasteiger partial charge in [-0.25, -0.2) is 8.42 Å². The number of benzene rings is 1. The molecule has 1 aromatic heterocycles. The Bertz CT molecular complexity index is 694. The molecule has 120 valence electrons. The van der Waals surface area contributed by atoms with Crippen molar-refractivity contribution >= 4 is 21.4 Å². The summed E-state index contributed by atoms with van der Waals surface area (Å²) in [6, 6.07) is 10.8. The van der Waals surface area contributed by atoms with Crippen LogP contribution < -0.4 is 0 Å². The Morgan fingerprint density at radius 1 is 1.23 bits per heavy atom. The molecular formula is C16H21NO3S2. The van der Waals surface area contributed by atoms with Gasteiger partial charge >= 0.3 is 0 Å². The van der Waals surface area contributed by atoms with Gasteiger partial charge in [-0.15, -0.1) is 11.3 Å². The van der Waals surface area contributed by atoms with Crippen molar-refractivity contribution in [2.75, 3.05) is 7.05 Å². The number of sulfonamides is 1. The second-order valence-electron chi connectivity index (χ2n) is 5.35. The minimum absolute atomic E-state index is 0.113. The standard InChI is InChI=1S/C16H21NO3S2/c1-13(2)20-12-14-6-4-8-16(10-14)22(18,19)17(3)11-15-7-5-9-21-15/h4-10,13H,11-12H2,1-3H3. The van der Waals surface area contributed by atoms with Crippen molar-refractivity contribution < 1.29 is 13.2 Å². The van der Waals surface area contributed by atoms with E-state index in [-0.39, 0.29) is 6.10 Å².